The Hall–Kier alpha value is -1.38. The number of halogens is 2. The van der Waals surface area contributed by atoms with Crippen LogP contribution in [0.1, 0.15) is 49.4 Å². The first-order valence-corrected chi connectivity index (χ1v) is 8.28. The molecule has 0 saturated heterocycles. The summed E-state index contributed by atoms with van der Waals surface area (Å²) in [6.07, 6.45) is 10.2. The first-order chi connectivity index (χ1) is 10.5. The highest BCUT2D eigenvalue weighted by Crippen LogP contribution is 2.35. The van der Waals surface area contributed by atoms with Crippen LogP contribution in [0.2, 0.25) is 10.4 Å². The SMILES string of the molecule is C/C=C\c1c(CC)c(C)c(/C=C\CC)c2nc(Cl)nc(Cl)c12. The molecule has 0 aliphatic carbocycles. The number of hydrogen-bond acceptors (Lipinski definition) is 2. The molecule has 1 aromatic heterocycles. The Morgan fingerprint density at radius 2 is 1.77 bits per heavy atom. The molecule has 0 atom stereocenters. The van der Waals surface area contributed by atoms with Gasteiger partial charge < -0.3 is 0 Å². The fourth-order valence-electron chi connectivity index (χ4n) is 2.78. The molecule has 4 heteroatoms. The van der Waals surface area contributed by atoms with Gasteiger partial charge in [-0.15, -0.1) is 0 Å². The second-order valence-corrected chi connectivity index (χ2v) is 5.80. The van der Waals surface area contributed by atoms with Crippen molar-refractivity contribution in [2.24, 2.45) is 0 Å². The third kappa shape index (κ3) is 3.04. The van der Waals surface area contributed by atoms with E-state index in [4.69, 9.17) is 23.2 Å². The zero-order chi connectivity index (χ0) is 16.3. The zero-order valence-electron chi connectivity index (χ0n) is 13.4. The van der Waals surface area contributed by atoms with Gasteiger partial charge in [-0.2, -0.15) is 0 Å². The monoisotopic (exact) mass is 334 g/mol. The van der Waals surface area contributed by atoms with Gasteiger partial charge in [0.05, 0.1) is 5.52 Å². The van der Waals surface area contributed by atoms with E-state index < -0.39 is 0 Å². The Balaban J connectivity index is 3.04. The second kappa shape index (κ2) is 7.26. The number of hydrogen-bond donors (Lipinski definition) is 0. The third-order valence-corrected chi connectivity index (χ3v) is 4.19. The summed E-state index contributed by atoms with van der Waals surface area (Å²) in [5.41, 5.74) is 5.48. The minimum atomic E-state index is 0.179. The standard InChI is InChI=1S/C18H20Cl2N2/c1-5-8-10-13-11(4)12(7-3)14(9-6-2)15-16(13)21-18(20)22-17(15)19/h6,8-10H,5,7H2,1-4H3/b9-6-,10-8-. The summed E-state index contributed by atoms with van der Waals surface area (Å²) >= 11 is 12.4. The molecule has 0 aliphatic heterocycles. The van der Waals surface area contributed by atoms with E-state index in [-0.39, 0.29) is 5.28 Å². The minimum absolute atomic E-state index is 0.179. The predicted molar refractivity (Wildman–Crippen MR) is 97.7 cm³/mol. The quantitative estimate of drug-likeness (QED) is 0.486. The van der Waals surface area contributed by atoms with Crippen LogP contribution in [0.25, 0.3) is 23.1 Å². The zero-order valence-corrected chi connectivity index (χ0v) is 14.9. The molecular formula is C18H20Cl2N2. The molecule has 116 valence electrons. The van der Waals surface area contributed by atoms with Crippen molar-refractivity contribution in [3.63, 3.8) is 0 Å². The van der Waals surface area contributed by atoms with Crippen molar-refractivity contribution in [2.75, 3.05) is 0 Å². The van der Waals surface area contributed by atoms with E-state index in [1.54, 1.807) is 0 Å². The lowest BCUT2D eigenvalue weighted by molar-refractivity contribution is 1.10. The molecule has 1 heterocycles. The Labute approximate surface area is 141 Å². The molecule has 0 spiro atoms. The summed E-state index contributed by atoms with van der Waals surface area (Å²) in [4.78, 5) is 8.59. The number of fused-ring (bicyclic) bond motifs is 1. The summed E-state index contributed by atoms with van der Waals surface area (Å²) in [5.74, 6) is 0. The van der Waals surface area contributed by atoms with Crippen LogP contribution in [0.5, 0.6) is 0 Å². The first kappa shape index (κ1) is 17.0. The molecule has 0 amide bonds. The maximum atomic E-state index is 6.40. The van der Waals surface area contributed by atoms with Gasteiger partial charge in [0, 0.05) is 10.9 Å². The van der Waals surface area contributed by atoms with Crippen LogP contribution in [0, 0.1) is 6.92 Å². The van der Waals surface area contributed by atoms with Gasteiger partial charge in [-0.25, -0.2) is 9.97 Å². The van der Waals surface area contributed by atoms with E-state index >= 15 is 0 Å². The Kier molecular flexibility index (Phi) is 5.60. The summed E-state index contributed by atoms with van der Waals surface area (Å²) in [7, 11) is 0. The van der Waals surface area contributed by atoms with E-state index in [1.165, 1.54) is 11.1 Å². The van der Waals surface area contributed by atoms with Crippen LogP contribution in [0.15, 0.2) is 12.2 Å². The number of nitrogens with zero attached hydrogens (tertiary/aromatic N) is 2. The molecule has 0 aliphatic rings. The summed E-state index contributed by atoms with van der Waals surface area (Å²) in [6, 6.07) is 0. The molecule has 0 N–H and O–H groups in total. The topological polar surface area (TPSA) is 25.8 Å². The third-order valence-electron chi connectivity index (χ3n) is 3.75. The fraction of sp³-hybridized carbons (Fsp3) is 0.333. The van der Waals surface area contributed by atoms with E-state index in [1.807, 2.05) is 13.0 Å². The number of allylic oxidation sites excluding steroid dienone is 2. The Morgan fingerprint density at radius 3 is 2.36 bits per heavy atom. The number of aromatic nitrogens is 2. The Bertz CT molecular complexity index is 762. The minimum Gasteiger partial charge on any atom is -0.217 e. The highest BCUT2D eigenvalue weighted by atomic mass is 35.5. The smallest absolute Gasteiger partial charge is 0.217 e. The van der Waals surface area contributed by atoms with Crippen molar-refractivity contribution in [1.29, 1.82) is 0 Å². The van der Waals surface area contributed by atoms with E-state index in [0.717, 1.165) is 34.9 Å². The summed E-state index contributed by atoms with van der Waals surface area (Å²) in [5, 5.41) is 1.46. The van der Waals surface area contributed by atoms with Crippen LogP contribution in [-0.2, 0) is 6.42 Å². The molecule has 2 rings (SSSR count). The lowest BCUT2D eigenvalue weighted by atomic mass is 9.90. The van der Waals surface area contributed by atoms with Crippen molar-refractivity contribution >= 4 is 46.3 Å². The average molecular weight is 335 g/mol. The van der Waals surface area contributed by atoms with Crippen molar-refractivity contribution in [2.45, 2.75) is 40.5 Å². The molecule has 0 bridgehead atoms. The van der Waals surface area contributed by atoms with E-state index in [2.05, 4.69) is 49.0 Å². The van der Waals surface area contributed by atoms with Crippen LogP contribution < -0.4 is 0 Å². The molecule has 2 nitrogen and oxygen atoms in total. The molecular weight excluding hydrogens is 315 g/mol. The largest absolute Gasteiger partial charge is 0.224 e. The van der Waals surface area contributed by atoms with Gasteiger partial charge in [0.2, 0.25) is 5.28 Å². The van der Waals surface area contributed by atoms with Crippen LogP contribution in [-0.4, -0.2) is 9.97 Å². The van der Waals surface area contributed by atoms with Gasteiger partial charge >= 0.3 is 0 Å². The maximum Gasteiger partial charge on any atom is 0.224 e. The van der Waals surface area contributed by atoms with E-state index in [9.17, 15) is 0 Å². The first-order valence-electron chi connectivity index (χ1n) is 7.52. The Morgan fingerprint density at radius 1 is 1.05 bits per heavy atom. The fourth-order valence-corrected chi connectivity index (χ4v) is 3.26. The molecule has 1 aromatic carbocycles. The van der Waals surface area contributed by atoms with Crippen LogP contribution >= 0.6 is 23.2 Å². The van der Waals surface area contributed by atoms with Crippen molar-refractivity contribution in [3.8, 4) is 0 Å². The normalized spacial score (nSPS) is 12.1. The van der Waals surface area contributed by atoms with Crippen LogP contribution in [0.3, 0.4) is 0 Å². The lowest BCUT2D eigenvalue weighted by Gasteiger charge is -2.16. The molecule has 2 aromatic rings. The lowest BCUT2D eigenvalue weighted by Crippen LogP contribution is -2.01. The van der Waals surface area contributed by atoms with Crippen LogP contribution in [0.4, 0.5) is 0 Å². The highest BCUT2D eigenvalue weighted by molar-refractivity contribution is 6.36. The van der Waals surface area contributed by atoms with E-state index in [0.29, 0.717) is 5.15 Å². The molecule has 0 fully saturated rings. The van der Waals surface area contributed by atoms with Crippen molar-refractivity contribution < 1.29 is 0 Å². The summed E-state index contributed by atoms with van der Waals surface area (Å²) in [6.45, 7) is 8.39. The molecule has 0 radical (unpaired) electrons. The van der Waals surface area contributed by atoms with Gasteiger partial charge in [-0.3, -0.25) is 0 Å². The predicted octanol–water partition coefficient (Wildman–Crippen LogP) is 6.26. The van der Waals surface area contributed by atoms with Crippen molar-refractivity contribution in [1.82, 2.24) is 9.97 Å². The average Bonchev–Trinajstić information content (AvgIpc) is 2.46. The van der Waals surface area contributed by atoms with Crippen molar-refractivity contribution in [3.05, 3.63) is 44.8 Å². The molecule has 0 saturated carbocycles. The van der Waals surface area contributed by atoms with Gasteiger partial charge in [-0.1, -0.05) is 49.8 Å². The highest BCUT2D eigenvalue weighted by Gasteiger charge is 2.18. The van der Waals surface area contributed by atoms with Gasteiger partial charge in [0.1, 0.15) is 5.15 Å². The second-order valence-electron chi connectivity index (χ2n) is 5.10. The molecule has 22 heavy (non-hydrogen) atoms. The summed E-state index contributed by atoms with van der Waals surface area (Å²) < 4.78 is 0. The number of benzene rings is 1. The van der Waals surface area contributed by atoms with Gasteiger partial charge in [0.25, 0.3) is 0 Å². The van der Waals surface area contributed by atoms with Gasteiger partial charge in [-0.05, 0) is 55.0 Å². The number of rotatable bonds is 4. The maximum absolute atomic E-state index is 6.40. The molecule has 0 unspecified atom stereocenters. The van der Waals surface area contributed by atoms with Gasteiger partial charge in [0.15, 0.2) is 0 Å².